The number of hydrogen-bond donors (Lipinski definition) is 3. The van der Waals surface area contributed by atoms with E-state index in [0.717, 1.165) is 51.4 Å². The number of carboxylic acids is 3. The highest BCUT2D eigenvalue weighted by Gasteiger charge is 2.52. The number of ether oxygens (including phenoxy) is 1. The summed E-state index contributed by atoms with van der Waals surface area (Å²) in [4.78, 5) is 35.7. The van der Waals surface area contributed by atoms with Crippen LogP contribution in [0.4, 0.5) is 0 Å². The number of carbonyl (C=O) groups is 3. The van der Waals surface area contributed by atoms with Crippen LogP contribution in [-0.2, 0) is 19.1 Å². The molecule has 0 aromatic rings. The first-order valence-electron chi connectivity index (χ1n) is 11.2. The highest BCUT2D eigenvalue weighted by molar-refractivity contribution is 5.90. The van der Waals surface area contributed by atoms with Crippen LogP contribution in [0.25, 0.3) is 0 Å². The second kappa shape index (κ2) is 11.5. The molecule has 2 aliphatic carbocycles. The van der Waals surface area contributed by atoms with E-state index in [1.807, 2.05) is 0 Å². The van der Waals surface area contributed by atoms with Crippen LogP contribution in [0.15, 0.2) is 0 Å². The molecule has 0 spiro atoms. The third-order valence-corrected chi connectivity index (χ3v) is 6.84. The van der Waals surface area contributed by atoms with E-state index < -0.39 is 35.8 Å². The lowest BCUT2D eigenvalue weighted by Gasteiger charge is -2.35. The molecule has 2 fully saturated rings. The Balaban J connectivity index is 2.10. The zero-order valence-corrected chi connectivity index (χ0v) is 17.3. The van der Waals surface area contributed by atoms with Gasteiger partial charge < -0.3 is 20.1 Å². The van der Waals surface area contributed by atoms with Crippen molar-refractivity contribution in [3.05, 3.63) is 0 Å². The molecule has 0 saturated heterocycles. The summed E-state index contributed by atoms with van der Waals surface area (Å²) in [6, 6.07) is 0. The van der Waals surface area contributed by atoms with Gasteiger partial charge in [0.2, 0.25) is 0 Å². The molecular weight excluding hydrogens is 376 g/mol. The largest absolute Gasteiger partial charge is 0.481 e. The number of carboxylic acid groups (broad SMARTS) is 3. The SMILES string of the molecule is O=C(O)CC(OCCC1CCCCC1)(C(=O)O)C(CCC1CCCCC1)C(=O)O. The van der Waals surface area contributed by atoms with Gasteiger partial charge in [-0.25, -0.2) is 4.79 Å². The van der Waals surface area contributed by atoms with Gasteiger partial charge in [-0.15, -0.1) is 0 Å². The molecule has 0 heterocycles. The van der Waals surface area contributed by atoms with Crippen molar-refractivity contribution in [3.8, 4) is 0 Å². The minimum atomic E-state index is -2.22. The topological polar surface area (TPSA) is 121 Å². The fourth-order valence-electron chi connectivity index (χ4n) is 5.10. The van der Waals surface area contributed by atoms with Crippen LogP contribution >= 0.6 is 0 Å². The first-order valence-corrected chi connectivity index (χ1v) is 11.2. The summed E-state index contributed by atoms with van der Waals surface area (Å²) in [6.07, 6.45) is 11.6. The van der Waals surface area contributed by atoms with E-state index in [4.69, 9.17) is 4.74 Å². The Morgan fingerprint density at radius 3 is 1.79 bits per heavy atom. The number of aliphatic carboxylic acids is 3. The zero-order chi connectivity index (χ0) is 21.3. The quantitative estimate of drug-likeness (QED) is 0.436. The maximum absolute atomic E-state index is 12.2. The average Bonchev–Trinajstić information content (AvgIpc) is 2.68. The summed E-state index contributed by atoms with van der Waals surface area (Å²) >= 11 is 0. The van der Waals surface area contributed by atoms with Gasteiger partial charge in [-0.3, -0.25) is 9.59 Å². The van der Waals surface area contributed by atoms with Crippen LogP contribution in [0.2, 0.25) is 0 Å². The third kappa shape index (κ3) is 6.98. The molecule has 2 rings (SSSR count). The molecule has 7 heteroatoms. The van der Waals surface area contributed by atoms with Crippen LogP contribution < -0.4 is 0 Å². The smallest absolute Gasteiger partial charge is 0.337 e. The molecular formula is C22H36O7. The van der Waals surface area contributed by atoms with Crippen LogP contribution in [0, 0.1) is 17.8 Å². The molecule has 2 aliphatic rings. The highest BCUT2D eigenvalue weighted by Crippen LogP contribution is 2.36. The van der Waals surface area contributed by atoms with E-state index in [1.165, 1.54) is 12.8 Å². The van der Waals surface area contributed by atoms with Gasteiger partial charge in [0.1, 0.15) is 0 Å². The van der Waals surface area contributed by atoms with Crippen LogP contribution in [0.3, 0.4) is 0 Å². The third-order valence-electron chi connectivity index (χ3n) is 6.84. The van der Waals surface area contributed by atoms with E-state index in [1.54, 1.807) is 0 Å². The molecule has 0 bridgehead atoms. The molecule has 2 unspecified atom stereocenters. The van der Waals surface area contributed by atoms with Crippen molar-refractivity contribution in [2.45, 2.75) is 95.5 Å². The molecule has 29 heavy (non-hydrogen) atoms. The van der Waals surface area contributed by atoms with Gasteiger partial charge in [0, 0.05) is 6.61 Å². The zero-order valence-electron chi connectivity index (χ0n) is 17.3. The Bertz CT molecular complexity index is 549. The molecule has 0 radical (unpaired) electrons. The Morgan fingerprint density at radius 1 is 0.828 bits per heavy atom. The van der Waals surface area contributed by atoms with Gasteiger partial charge in [-0.05, 0) is 31.1 Å². The van der Waals surface area contributed by atoms with Crippen LogP contribution in [0.5, 0.6) is 0 Å². The molecule has 0 aromatic carbocycles. The monoisotopic (exact) mass is 412 g/mol. The number of hydrogen-bond acceptors (Lipinski definition) is 4. The maximum atomic E-state index is 12.2. The van der Waals surface area contributed by atoms with Crippen molar-refractivity contribution in [1.82, 2.24) is 0 Å². The molecule has 2 saturated carbocycles. The molecule has 2 atom stereocenters. The van der Waals surface area contributed by atoms with E-state index >= 15 is 0 Å². The van der Waals surface area contributed by atoms with Crippen LogP contribution in [0.1, 0.15) is 89.9 Å². The van der Waals surface area contributed by atoms with Gasteiger partial charge >= 0.3 is 17.9 Å². The lowest BCUT2D eigenvalue weighted by Crippen LogP contribution is -2.53. The van der Waals surface area contributed by atoms with E-state index in [-0.39, 0.29) is 13.0 Å². The summed E-state index contributed by atoms with van der Waals surface area (Å²) < 4.78 is 5.71. The van der Waals surface area contributed by atoms with Crippen molar-refractivity contribution >= 4 is 17.9 Å². The second-order valence-electron chi connectivity index (χ2n) is 8.88. The fourth-order valence-corrected chi connectivity index (χ4v) is 5.10. The normalized spacial score (nSPS) is 21.9. The lowest BCUT2D eigenvalue weighted by atomic mass is 9.77. The van der Waals surface area contributed by atoms with Crippen LogP contribution in [-0.4, -0.2) is 45.4 Å². The average molecular weight is 413 g/mol. The molecule has 0 amide bonds. The Kier molecular flexibility index (Phi) is 9.40. The maximum Gasteiger partial charge on any atom is 0.337 e. The van der Waals surface area contributed by atoms with E-state index in [9.17, 15) is 29.7 Å². The predicted molar refractivity (Wildman–Crippen MR) is 107 cm³/mol. The summed E-state index contributed by atoms with van der Waals surface area (Å²) in [6.45, 7) is 0.0808. The minimum absolute atomic E-state index is 0.0808. The molecule has 0 aliphatic heterocycles. The molecule has 0 aromatic heterocycles. The Morgan fingerprint density at radius 2 is 1.34 bits per heavy atom. The van der Waals surface area contributed by atoms with Crippen molar-refractivity contribution in [2.75, 3.05) is 6.61 Å². The van der Waals surface area contributed by atoms with Gasteiger partial charge in [-0.1, -0.05) is 64.2 Å². The molecule has 3 N–H and O–H groups in total. The fraction of sp³-hybridized carbons (Fsp3) is 0.864. The Labute approximate surface area is 172 Å². The summed E-state index contributed by atoms with van der Waals surface area (Å²) in [5, 5.41) is 29.1. The summed E-state index contributed by atoms with van der Waals surface area (Å²) in [5.41, 5.74) is -2.22. The van der Waals surface area contributed by atoms with E-state index in [0.29, 0.717) is 24.7 Å². The second-order valence-corrected chi connectivity index (χ2v) is 8.88. The number of rotatable bonds is 12. The first kappa shape index (κ1) is 23.6. The van der Waals surface area contributed by atoms with Gasteiger partial charge in [0.25, 0.3) is 0 Å². The van der Waals surface area contributed by atoms with Gasteiger partial charge in [0.05, 0.1) is 12.3 Å². The van der Waals surface area contributed by atoms with Crippen molar-refractivity contribution in [3.63, 3.8) is 0 Å². The minimum Gasteiger partial charge on any atom is -0.481 e. The lowest BCUT2D eigenvalue weighted by molar-refractivity contribution is -0.190. The molecule has 7 nitrogen and oxygen atoms in total. The molecule has 166 valence electrons. The van der Waals surface area contributed by atoms with Crippen molar-refractivity contribution in [1.29, 1.82) is 0 Å². The highest BCUT2D eigenvalue weighted by atomic mass is 16.5. The predicted octanol–water partition coefficient (Wildman–Crippen LogP) is 4.33. The van der Waals surface area contributed by atoms with Crippen molar-refractivity contribution < 1.29 is 34.4 Å². The summed E-state index contributed by atoms with van der Waals surface area (Å²) in [7, 11) is 0. The first-order chi connectivity index (χ1) is 13.8. The van der Waals surface area contributed by atoms with Gasteiger partial charge in [0.15, 0.2) is 5.60 Å². The van der Waals surface area contributed by atoms with Gasteiger partial charge in [-0.2, -0.15) is 0 Å². The Hall–Kier alpha value is -1.63. The van der Waals surface area contributed by atoms with E-state index in [2.05, 4.69) is 0 Å². The summed E-state index contributed by atoms with van der Waals surface area (Å²) in [5.74, 6) is -4.69. The van der Waals surface area contributed by atoms with Crippen molar-refractivity contribution in [2.24, 2.45) is 17.8 Å². The standard InChI is InChI=1S/C22H36O7/c23-19(24)15-22(21(27)28,29-14-13-17-9-5-2-6-10-17)18(20(25)26)12-11-16-7-3-1-4-8-16/h16-18H,1-15H2,(H,23,24)(H,25,26)(H,27,28).